The molecule has 6 aromatic rings. The summed E-state index contributed by atoms with van der Waals surface area (Å²) in [5, 5.41) is 37.6. The predicted octanol–water partition coefficient (Wildman–Crippen LogP) is 4.86. The first-order valence-electron chi connectivity index (χ1n) is 28.3. The molecule has 0 aliphatic carbocycles. The van der Waals surface area contributed by atoms with Gasteiger partial charge in [0.05, 0.1) is 48.9 Å². The van der Waals surface area contributed by atoms with Gasteiger partial charge in [-0.3, -0.25) is 19.2 Å². The molecular weight excluding hydrogens is 1150 g/mol. The molecule has 4 aromatic heterocycles. The Balaban J connectivity index is 0.000000210. The van der Waals surface area contributed by atoms with Gasteiger partial charge in [0.1, 0.15) is 30.1 Å². The van der Waals surface area contributed by atoms with E-state index in [1.165, 1.54) is 35.1 Å². The van der Waals surface area contributed by atoms with E-state index in [4.69, 9.17) is 14.2 Å². The van der Waals surface area contributed by atoms with Crippen LogP contribution in [0.1, 0.15) is 78.9 Å². The number of nitrogens with one attached hydrogen (secondary N) is 3. The van der Waals surface area contributed by atoms with E-state index < -0.39 is 58.1 Å². The SMILES string of the molecule is Cc1cc(C(F)(F)F)ccc1NC(=O)Cn1c(CCO)c(N2CCN(C(=O)OC(C)(C)C)CC2)c(=O)n2nc(C3=CCOCC3)nc12.Cc1cc(C(F)(F)F)ccc1NC(=O)Cn1c(CCO)c(N2CCNCC2)c(=O)n2nc(C3=CCOCC3)nc12. The maximum absolute atomic E-state index is 14.1. The van der Waals surface area contributed by atoms with Crippen molar-refractivity contribution in [3.8, 4) is 0 Å². The van der Waals surface area contributed by atoms with Gasteiger partial charge in [-0.15, -0.1) is 10.2 Å². The van der Waals surface area contributed by atoms with Gasteiger partial charge in [0.25, 0.3) is 11.1 Å². The number of carbonyl (C=O) groups excluding carboxylic acids is 3. The van der Waals surface area contributed by atoms with Crippen LogP contribution in [-0.4, -0.2) is 169 Å². The normalized spacial score (nSPS) is 16.1. The highest BCUT2D eigenvalue weighted by Gasteiger charge is 2.35. The molecule has 87 heavy (non-hydrogen) atoms. The first kappa shape index (κ1) is 63.3. The monoisotopic (exact) mass is 1220 g/mol. The summed E-state index contributed by atoms with van der Waals surface area (Å²) in [7, 11) is 0. The molecule has 4 aliphatic heterocycles. The molecule has 0 atom stereocenters. The number of anilines is 4. The van der Waals surface area contributed by atoms with Crippen molar-refractivity contribution in [2.24, 2.45) is 0 Å². The first-order valence-corrected chi connectivity index (χ1v) is 28.3. The molecule has 468 valence electrons. The first-order chi connectivity index (χ1) is 41.3. The summed E-state index contributed by atoms with van der Waals surface area (Å²) in [6.07, 6.45) is -4.70. The summed E-state index contributed by atoms with van der Waals surface area (Å²) in [6, 6.07) is 6.12. The lowest BCUT2D eigenvalue weighted by Gasteiger charge is -2.37. The molecule has 5 N–H and O–H groups in total. The van der Waals surface area contributed by atoms with Gasteiger partial charge in [0.15, 0.2) is 11.6 Å². The van der Waals surface area contributed by atoms with Gasteiger partial charge in [-0.25, -0.2) is 4.79 Å². The van der Waals surface area contributed by atoms with E-state index in [2.05, 4.69) is 36.1 Å². The van der Waals surface area contributed by atoms with E-state index in [0.29, 0.717) is 94.2 Å². The number of piperazine rings is 2. The Morgan fingerprint density at radius 2 is 1.07 bits per heavy atom. The van der Waals surface area contributed by atoms with Crippen LogP contribution in [0.15, 0.2) is 58.1 Å². The molecular formula is C57H68F6N14O10. The van der Waals surface area contributed by atoms with E-state index in [1.54, 1.807) is 35.1 Å². The fourth-order valence-corrected chi connectivity index (χ4v) is 10.5. The van der Waals surface area contributed by atoms with Crippen molar-refractivity contribution in [1.29, 1.82) is 0 Å². The van der Waals surface area contributed by atoms with Crippen molar-refractivity contribution in [3.63, 3.8) is 0 Å². The van der Waals surface area contributed by atoms with Crippen LogP contribution in [0.4, 0.5) is 53.9 Å². The molecule has 0 unspecified atom stereocenters. The molecule has 0 spiro atoms. The maximum Gasteiger partial charge on any atom is 0.416 e. The van der Waals surface area contributed by atoms with E-state index in [1.807, 2.05) is 17.1 Å². The van der Waals surface area contributed by atoms with Gasteiger partial charge < -0.3 is 64.2 Å². The summed E-state index contributed by atoms with van der Waals surface area (Å²) in [5.74, 6) is -0.285. The van der Waals surface area contributed by atoms with E-state index in [0.717, 1.165) is 39.9 Å². The third-order valence-electron chi connectivity index (χ3n) is 14.8. The minimum atomic E-state index is -4.53. The number of aromatic nitrogens is 8. The molecule has 3 amide bonds. The number of nitrogens with zero attached hydrogens (tertiary/aromatic N) is 11. The van der Waals surface area contributed by atoms with Crippen molar-refractivity contribution in [2.45, 2.75) is 91.3 Å². The molecule has 2 fully saturated rings. The zero-order valence-corrected chi connectivity index (χ0v) is 48.6. The molecule has 0 radical (unpaired) electrons. The molecule has 24 nitrogen and oxygen atoms in total. The highest BCUT2D eigenvalue weighted by Crippen LogP contribution is 2.34. The third-order valence-corrected chi connectivity index (χ3v) is 14.8. The second-order valence-electron chi connectivity index (χ2n) is 22.1. The van der Waals surface area contributed by atoms with Gasteiger partial charge in [-0.1, -0.05) is 12.2 Å². The smallest absolute Gasteiger partial charge is 0.416 e. The van der Waals surface area contributed by atoms with Crippen molar-refractivity contribution >= 4 is 63.4 Å². The van der Waals surface area contributed by atoms with Gasteiger partial charge in [0.2, 0.25) is 23.4 Å². The topological polar surface area (TPSA) is 270 Å². The number of hydrogen-bond acceptors (Lipinski definition) is 17. The third kappa shape index (κ3) is 14.6. The Morgan fingerprint density at radius 3 is 1.44 bits per heavy atom. The Labute approximate surface area is 494 Å². The Bertz CT molecular complexity index is 3740. The number of fused-ring (bicyclic) bond motifs is 2. The molecule has 30 heteroatoms. The average Bonchev–Trinajstić information content (AvgIpc) is 1.77. The maximum atomic E-state index is 14.1. The van der Waals surface area contributed by atoms with Crippen LogP contribution in [0.3, 0.4) is 0 Å². The summed E-state index contributed by atoms with van der Waals surface area (Å²) >= 11 is 0. The second kappa shape index (κ2) is 26.4. The van der Waals surface area contributed by atoms with Gasteiger partial charge in [-0.05, 0) is 106 Å². The molecule has 2 aromatic carbocycles. The molecule has 10 rings (SSSR count). The molecule has 2 saturated heterocycles. The van der Waals surface area contributed by atoms with E-state index >= 15 is 0 Å². The average molecular weight is 1220 g/mol. The number of benzene rings is 2. The summed E-state index contributed by atoms with van der Waals surface area (Å²) in [6.45, 7) is 12.1. The standard InChI is InChI=1S/C31H38F3N7O6.C26H30F3N7O4/c1-19-17-21(31(32,33)34)5-6-22(19)35-24(43)18-40-23(7-14-42)25(38-10-12-39(13-11-38)29(45)47-30(2,3)4)27(44)41-28(40)36-26(37-41)20-8-15-46-16-9-20;1-16-14-18(26(27,28)29)2-3-19(16)31-21(38)15-35-20(4-11-37)22(34-9-7-30-8-10-34)24(39)36-25(35)32-23(33-36)17-5-12-40-13-6-17/h5-6,8,17,42H,7,9-16,18H2,1-4H3,(H,35,43);2-3,5,14,30,37H,4,6-13,15H2,1H3,(H,31,38). The van der Waals surface area contributed by atoms with Gasteiger partial charge in [-0.2, -0.15) is 45.3 Å². The summed E-state index contributed by atoms with van der Waals surface area (Å²) in [4.78, 5) is 81.8. The van der Waals surface area contributed by atoms with Gasteiger partial charge >= 0.3 is 18.4 Å². The quantitative estimate of drug-likeness (QED) is 0.0912. The number of halogens is 6. The van der Waals surface area contributed by atoms with Crippen LogP contribution in [0.25, 0.3) is 22.7 Å². The number of ether oxygens (including phenoxy) is 3. The van der Waals surface area contributed by atoms with Crippen LogP contribution in [-0.2, 0) is 62.1 Å². The fraction of sp³-hybridized carbons (Fsp3) is 0.491. The second-order valence-corrected chi connectivity index (χ2v) is 22.1. The predicted molar refractivity (Wildman–Crippen MR) is 308 cm³/mol. The largest absolute Gasteiger partial charge is 0.444 e. The lowest BCUT2D eigenvalue weighted by atomic mass is 10.1. The lowest BCUT2D eigenvalue weighted by molar-refractivity contribution is -0.138. The van der Waals surface area contributed by atoms with Crippen LogP contribution >= 0.6 is 0 Å². The highest BCUT2D eigenvalue weighted by molar-refractivity contribution is 5.92. The van der Waals surface area contributed by atoms with E-state index in [9.17, 15) is 60.5 Å². The van der Waals surface area contributed by atoms with E-state index in [-0.39, 0.29) is 105 Å². The Hall–Kier alpha value is -8.19. The number of amides is 3. The van der Waals surface area contributed by atoms with Gasteiger partial charge in [0, 0.05) is 89.8 Å². The number of hydrogen-bond donors (Lipinski definition) is 5. The highest BCUT2D eigenvalue weighted by atomic mass is 19.4. The van der Waals surface area contributed by atoms with Crippen LogP contribution in [0.5, 0.6) is 0 Å². The number of aliphatic hydroxyl groups excluding tert-OH is 2. The van der Waals surface area contributed by atoms with Crippen molar-refractivity contribution in [3.05, 3.63) is 115 Å². The van der Waals surface area contributed by atoms with Crippen LogP contribution < -0.4 is 36.9 Å². The zero-order valence-electron chi connectivity index (χ0n) is 48.6. The zero-order chi connectivity index (χ0) is 62.5. The molecule has 0 saturated carbocycles. The molecule has 4 aliphatic rings. The molecule has 8 heterocycles. The Kier molecular flexibility index (Phi) is 19.2. The minimum absolute atomic E-state index is 0.0152. The summed E-state index contributed by atoms with van der Waals surface area (Å²) < 4.78 is 101. The summed E-state index contributed by atoms with van der Waals surface area (Å²) in [5.41, 5.74) is 0.544. The number of aliphatic hydroxyl groups is 2. The number of alkyl halides is 6. The van der Waals surface area contributed by atoms with Crippen molar-refractivity contribution in [2.75, 3.05) is 112 Å². The number of aryl methyl sites for hydroxylation is 2. The lowest BCUT2D eigenvalue weighted by Crippen LogP contribution is -2.52. The van der Waals surface area contributed by atoms with Crippen LogP contribution in [0, 0.1) is 13.8 Å². The fourth-order valence-electron chi connectivity index (χ4n) is 10.5. The van der Waals surface area contributed by atoms with Crippen LogP contribution in [0.2, 0.25) is 0 Å². The number of rotatable bonds is 14. The Morgan fingerprint density at radius 1 is 0.644 bits per heavy atom. The van der Waals surface area contributed by atoms with Crippen molar-refractivity contribution in [1.82, 2.24) is 48.5 Å². The number of carbonyl (C=O) groups is 3. The minimum Gasteiger partial charge on any atom is -0.444 e. The molecule has 0 bridgehead atoms. The van der Waals surface area contributed by atoms with Crippen molar-refractivity contribution < 1.29 is 65.1 Å².